The number of ether oxygens (including phenoxy) is 1. The first-order valence-corrected chi connectivity index (χ1v) is 8.94. The summed E-state index contributed by atoms with van der Waals surface area (Å²) >= 11 is 6.10. The van der Waals surface area contributed by atoms with Crippen molar-refractivity contribution in [2.24, 2.45) is 0 Å². The van der Waals surface area contributed by atoms with E-state index in [1.807, 2.05) is 38.1 Å². The van der Waals surface area contributed by atoms with Crippen LogP contribution < -0.4 is 15.4 Å². The number of carbonyl (C=O) groups is 2. The van der Waals surface area contributed by atoms with Gasteiger partial charge in [-0.2, -0.15) is 0 Å². The lowest BCUT2D eigenvalue weighted by Crippen LogP contribution is -2.33. The highest BCUT2D eigenvalue weighted by Crippen LogP contribution is 2.23. The van der Waals surface area contributed by atoms with Gasteiger partial charge in [0.15, 0.2) is 0 Å². The third kappa shape index (κ3) is 4.60. The number of nitrogens with one attached hydrogen (secondary N) is 3. The van der Waals surface area contributed by atoms with E-state index in [1.165, 1.54) is 0 Å². The smallest absolute Gasteiger partial charge is 0.268 e. The number of benzene rings is 2. The molecule has 0 fully saturated rings. The van der Waals surface area contributed by atoms with E-state index in [2.05, 4.69) is 15.6 Å². The molecule has 0 radical (unpaired) electrons. The standard InChI is InChI=1S/C20H20ClN3O3/c1-3-27-14-6-5-13-9-18(23-17(13)10-14)20(26)22-11-19(25)24-16-7-4-12(2)8-15(16)21/h4-10,23H,3,11H2,1-2H3,(H,22,26)(H,24,25). The fourth-order valence-corrected chi connectivity index (χ4v) is 2.94. The van der Waals surface area contributed by atoms with Crippen LogP contribution in [0.25, 0.3) is 10.9 Å². The van der Waals surface area contributed by atoms with Gasteiger partial charge in [-0.05, 0) is 49.7 Å². The second-order valence-electron chi connectivity index (χ2n) is 6.08. The summed E-state index contributed by atoms with van der Waals surface area (Å²) in [5, 5.41) is 6.62. The maximum absolute atomic E-state index is 12.3. The Morgan fingerprint density at radius 2 is 1.96 bits per heavy atom. The highest BCUT2D eigenvalue weighted by molar-refractivity contribution is 6.33. The van der Waals surface area contributed by atoms with Crippen molar-refractivity contribution in [3.8, 4) is 5.75 Å². The minimum atomic E-state index is -0.366. The second-order valence-corrected chi connectivity index (χ2v) is 6.49. The van der Waals surface area contributed by atoms with Gasteiger partial charge in [0.1, 0.15) is 11.4 Å². The van der Waals surface area contributed by atoms with Crippen LogP contribution in [0.3, 0.4) is 0 Å². The number of anilines is 1. The Bertz CT molecular complexity index is 997. The van der Waals surface area contributed by atoms with E-state index in [0.29, 0.717) is 23.0 Å². The molecule has 7 heteroatoms. The van der Waals surface area contributed by atoms with E-state index in [-0.39, 0.29) is 18.4 Å². The van der Waals surface area contributed by atoms with Crippen LogP contribution in [0.2, 0.25) is 5.02 Å². The molecular weight excluding hydrogens is 366 g/mol. The van der Waals surface area contributed by atoms with Crippen LogP contribution in [0.4, 0.5) is 5.69 Å². The van der Waals surface area contributed by atoms with Crippen LogP contribution in [0.15, 0.2) is 42.5 Å². The minimum absolute atomic E-state index is 0.164. The molecule has 0 unspecified atom stereocenters. The molecule has 0 spiro atoms. The summed E-state index contributed by atoms with van der Waals surface area (Å²) in [7, 11) is 0. The average Bonchev–Trinajstić information content (AvgIpc) is 3.06. The molecule has 0 aliphatic carbocycles. The van der Waals surface area contributed by atoms with Crippen molar-refractivity contribution in [2.45, 2.75) is 13.8 Å². The normalized spacial score (nSPS) is 10.6. The lowest BCUT2D eigenvalue weighted by atomic mass is 10.2. The largest absolute Gasteiger partial charge is 0.494 e. The average molecular weight is 386 g/mol. The molecule has 3 N–H and O–H groups in total. The van der Waals surface area contributed by atoms with Gasteiger partial charge >= 0.3 is 0 Å². The topological polar surface area (TPSA) is 83.2 Å². The molecule has 0 aliphatic rings. The van der Waals surface area contributed by atoms with Gasteiger partial charge in [-0.15, -0.1) is 0 Å². The van der Waals surface area contributed by atoms with Crippen LogP contribution in [0.1, 0.15) is 23.0 Å². The number of carbonyl (C=O) groups excluding carboxylic acids is 2. The molecule has 0 aliphatic heterocycles. The Morgan fingerprint density at radius 3 is 2.70 bits per heavy atom. The summed E-state index contributed by atoms with van der Waals surface area (Å²) in [6, 6.07) is 12.6. The summed E-state index contributed by atoms with van der Waals surface area (Å²) in [5.74, 6) is 0.00585. The van der Waals surface area contributed by atoms with Crippen LogP contribution in [0.5, 0.6) is 5.75 Å². The molecule has 1 aromatic heterocycles. The number of hydrogen-bond donors (Lipinski definition) is 3. The first-order chi connectivity index (χ1) is 13.0. The van der Waals surface area contributed by atoms with Gasteiger partial charge in [-0.3, -0.25) is 9.59 Å². The van der Waals surface area contributed by atoms with Crippen molar-refractivity contribution in [3.05, 3.63) is 58.7 Å². The monoisotopic (exact) mass is 385 g/mol. The van der Waals surface area contributed by atoms with E-state index < -0.39 is 0 Å². The minimum Gasteiger partial charge on any atom is -0.494 e. The maximum Gasteiger partial charge on any atom is 0.268 e. The van der Waals surface area contributed by atoms with Gasteiger partial charge in [0.2, 0.25) is 5.91 Å². The van der Waals surface area contributed by atoms with E-state index >= 15 is 0 Å². The lowest BCUT2D eigenvalue weighted by Gasteiger charge is -2.08. The summed E-state index contributed by atoms with van der Waals surface area (Å²) in [4.78, 5) is 27.4. The molecule has 0 saturated carbocycles. The van der Waals surface area contributed by atoms with Crippen LogP contribution in [-0.4, -0.2) is 29.9 Å². The first kappa shape index (κ1) is 18.8. The lowest BCUT2D eigenvalue weighted by molar-refractivity contribution is -0.115. The zero-order valence-electron chi connectivity index (χ0n) is 15.1. The van der Waals surface area contributed by atoms with Gasteiger partial charge in [0.25, 0.3) is 5.91 Å². The quantitative estimate of drug-likeness (QED) is 0.601. The number of aryl methyl sites for hydroxylation is 1. The van der Waals surface area contributed by atoms with Crippen molar-refractivity contribution in [3.63, 3.8) is 0 Å². The molecule has 140 valence electrons. The van der Waals surface area contributed by atoms with Gasteiger partial charge in [0, 0.05) is 17.0 Å². The van der Waals surface area contributed by atoms with Crippen molar-refractivity contribution < 1.29 is 14.3 Å². The number of fused-ring (bicyclic) bond motifs is 1. The van der Waals surface area contributed by atoms with E-state index in [0.717, 1.165) is 22.2 Å². The zero-order chi connectivity index (χ0) is 19.4. The van der Waals surface area contributed by atoms with Gasteiger partial charge in [-0.1, -0.05) is 17.7 Å². The number of rotatable bonds is 6. The Balaban J connectivity index is 1.61. The number of hydrogen-bond acceptors (Lipinski definition) is 3. The van der Waals surface area contributed by atoms with Crippen LogP contribution in [0, 0.1) is 6.92 Å². The van der Waals surface area contributed by atoms with Gasteiger partial charge < -0.3 is 20.4 Å². The number of amides is 2. The predicted molar refractivity (Wildman–Crippen MR) is 107 cm³/mol. The Kier molecular flexibility index (Phi) is 5.66. The fraction of sp³-hybridized carbons (Fsp3) is 0.200. The molecule has 0 atom stereocenters. The van der Waals surface area contributed by atoms with Crippen LogP contribution >= 0.6 is 11.6 Å². The third-order valence-electron chi connectivity index (χ3n) is 3.96. The Labute approximate surface area is 161 Å². The maximum atomic E-state index is 12.3. The Morgan fingerprint density at radius 1 is 1.15 bits per heavy atom. The number of aromatic amines is 1. The van der Waals surface area contributed by atoms with E-state index in [1.54, 1.807) is 18.2 Å². The first-order valence-electron chi connectivity index (χ1n) is 8.56. The van der Waals surface area contributed by atoms with Gasteiger partial charge in [0.05, 0.1) is 23.9 Å². The Hall–Kier alpha value is -2.99. The summed E-state index contributed by atoms with van der Waals surface area (Å²) < 4.78 is 5.45. The highest BCUT2D eigenvalue weighted by Gasteiger charge is 2.12. The number of aromatic nitrogens is 1. The molecule has 0 bridgehead atoms. The fourth-order valence-electron chi connectivity index (χ4n) is 2.66. The zero-order valence-corrected chi connectivity index (χ0v) is 15.8. The molecule has 0 saturated heterocycles. The number of H-pyrrole nitrogens is 1. The van der Waals surface area contributed by atoms with Crippen molar-refractivity contribution in [1.29, 1.82) is 0 Å². The van der Waals surface area contributed by atoms with Crippen LogP contribution in [-0.2, 0) is 4.79 Å². The summed E-state index contributed by atoms with van der Waals surface area (Å²) in [5.41, 5.74) is 2.68. The van der Waals surface area contributed by atoms with Gasteiger partial charge in [-0.25, -0.2) is 0 Å². The molecular formula is C20H20ClN3O3. The highest BCUT2D eigenvalue weighted by atomic mass is 35.5. The number of halogens is 1. The molecule has 2 aromatic carbocycles. The van der Waals surface area contributed by atoms with E-state index in [4.69, 9.17) is 16.3 Å². The third-order valence-corrected chi connectivity index (χ3v) is 4.27. The molecule has 1 heterocycles. The molecule has 3 aromatic rings. The molecule has 6 nitrogen and oxygen atoms in total. The second kappa shape index (κ2) is 8.14. The summed E-state index contributed by atoms with van der Waals surface area (Å²) in [6.07, 6.45) is 0. The SMILES string of the molecule is CCOc1ccc2cc(C(=O)NCC(=O)Nc3ccc(C)cc3Cl)[nH]c2c1. The van der Waals surface area contributed by atoms with E-state index in [9.17, 15) is 9.59 Å². The summed E-state index contributed by atoms with van der Waals surface area (Å²) in [6.45, 7) is 4.23. The predicted octanol–water partition coefficient (Wildman–Crippen LogP) is 3.90. The van der Waals surface area contributed by atoms with Crippen molar-refractivity contribution in [1.82, 2.24) is 10.3 Å². The van der Waals surface area contributed by atoms with Crippen molar-refractivity contribution in [2.75, 3.05) is 18.5 Å². The molecule has 27 heavy (non-hydrogen) atoms. The molecule has 2 amide bonds. The molecule has 3 rings (SSSR count). The van der Waals surface area contributed by atoms with Crippen molar-refractivity contribution >= 4 is 40.0 Å².